The van der Waals surface area contributed by atoms with Crippen LogP contribution in [-0.2, 0) is 10.2 Å². The van der Waals surface area contributed by atoms with Gasteiger partial charge in [-0.3, -0.25) is 0 Å². The van der Waals surface area contributed by atoms with Gasteiger partial charge in [0.1, 0.15) is 0 Å². The van der Waals surface area contributed by atoms with Crippen molar-refractivity contribution in [2.24, 2.45) is 23.2 Å². The molecule has 3 nitrogen and oxygen atoms in total. The normalized spacial score (nSPS) is 21.9. The summed E-state index contributed by atoms with van der Waals surface area (Å²) >= 11 is 0. The van der Waals surface area contributed by atoms with Crippen molar-refractivity contribution < 1.29 is 9.84 Å². The van der Waals surface area contributed by atoms with Crippen molar-refractivity contribution in [1.82, 2.24) is 0 Å². The van der Waals surface area contributed by atoms with Crippen LogP contribution < -0.4 is 0 Å². The molecule has 2 rings (SSSR count). The molecule has 1 N–H and O–H groups in total. The van der Waals surface area contributed by atoms with E-state index < -0.39 is 5.60 Å². The maximum absolute atomic E-state index is 10.1. The second-order valence-corrected chi connectivity index (χ2v) is 10.7. The van der Waals surface area contributed by atoms with Gasteiger partial charge in [-0.15, -0.1) is 0 Å². The Morgan fingerprint density at radius 3 is 2.30 bits per heavy atom. The van der Waals surface area contributed by atoms with Crippen molar-refractivity contribution in [2.75, 3.05) is 13.2 Å². The molecule has 164 valence electrons. The number of nitrogens with zero attached hydrogens (tertiary/aromatic N) is 1. The van der Waals surface area contributed by atoms with Crippen molar-refractivity contribution in [3.63, 3.8) is 0 Å². The van der Waals surface area contributed by atoms with Crippen LogP contribution in [0.1, 0.15) is 66.5 Å². The fourth-order valence-corrected chi connectivity index (χ4v) is 4.15. The lowest BCUT2D eigenvalue weighted by Crippen LogP contribution is -2.37. The fraction of sp³-hybridized carbons (Fsp3) is 0.593. The highest BCUT2D eigenvalue weighted by molar-refractivity contribution is 5.36. The summed E-state index contributed by atoms with van der Waals surface area (Å²) < 4.78 is 6.38. The molecule has 0 radical (unpaired) electrons. The second-order valence-electron chi connectivity index (χ2n) is 10.7. The molecule has 0 aliphatic heterocycles. The zero-order valence-corrected chi connectivity index (χ0v) is 20.0. The molecule has 0 heterocycles. The molecule has 3 heteroatoms. The van der Waals surface area contributed by atoms with E-state index in [0.29, 0.717) is 24.0 Å². The van der Waals surface area contributed by atoms with Crippen molar-refractivity contribution in [1.29, 1.82) is 5.26 Å². The van der Waals surface area contributed by atoms with E-state index in [2.05, 4.69) is 79.7 Å². The van der Waals surface area contributed by atoms with Gasteiger partial charge in [0.2, 0.25) is 0 Å². The van der Waals surface area contributed by atoms with Gasteiger partial charge in [-0.1, -0.05) is 63.6 Å². The van der Waals surface area contributed by atoms with E-state index in [1.165, 1.54) is 5.57 Å². The third-order valence-electron chi connectivity index (χ3n) is 6.88. The van der Waals surface area contributed by atoms with E-state index in [9.17, 15) is 5.11 Å². The van der Waals surface area contributed by atoms with Gasteiger partial charge in [0.25, 0.3) is 0 Å². The summed E-state index contributed by atoms with van der Waals surface area (Å²) in [5.74, 6) is 0.987. The number of ether oxygens (including phenoxy) is 1. The first-order chi connectivity index (χ1) is 13.8. The molecule has 0 amide bonds. The predicted molar refractivity (Wildman–Crippen MR) is 124 cm³/mol. The molecule has 1 aromatic carbocycles. The van der Waals surface area contributed by atoms with Crippen LogP contribution in [0.3, 0.4) is 0 Å². The first-order valence-corrected chi connectivity index (χ1v) is 10.9. The zero-order chi connectivity index (χ0) is 22.7. The Morgan fingerprint density at radius 2 is 1.80 bits per heavy atom. The van der Waals surface area contributed by atoms with Gasteiger partial charge < -0.3 is 9.84 Å². The van der Waals surface area contributed by atoms with Crippen LogP contribution in [0.15, 0.2) is 48.1 Å². The number of aliphatic hydroxyl groups is 1. The van der Waals surface area contributed by atoms with E-state index >= 15 is 0 Å². The number of benzene rings is 1. The average molecular weight is 410 g/mol. The van der Waals surface area contributed by atoms with Crippen LogP contribution in [0, 0.1) is 34.5 Å². The largest absolute Gasteiger partial charge is 0.396 e. The maximum atomic E-state index is 10.1. The molecule has 1 aromatic rings. The minimum Gasteiger partial charge on any atom is -0.396 e. The Kier molecular flexibility index (Phi) is 7.38. The second kappa shape index (κ2) is 9.08. The van der Waals surface area contributed by atoms with Gasteiger partial charge in [-0.05, 0) is 62.6 Å². The molecule has 0 saturated heterocycles. The van der Waals surface area contributed by atoms with Crippen LogP contribution in [-0.4, -0.2) is 23.9 Å². The molecule has 0 aromatic heterocycles. The summed E-state index contributed by atoms with van der Waals surface area (Å²) in [6, 6.07) is 9.85. The topological polar surface area (TPSA) is 53.2 Å². The van der Waals surface area contributed by atoms with Gasteiger partial charge in [0.15, 0.2) is 0 Å². The Labute approximate surface area is 183 Å². The summed E-state index contributed by atoms with van der Waals surface area (Å²) in [6.45, 7) is 18.1. The number of allylic oxidation sites excluding steroid dienone is 3. The number of rotatable bonds is 9. The van der Waals surface area contributed by atoms with E-state index in [1.807, 2.05) is 24.3 Å². The van der Waals surface area contributed by atoms with Crippen molar-refractivity contribution >= 4 is 0 Å². The van der Waals surface area contributed by atoms with Gasteiger partial charge in [-0.2, -0.15) is 5.26 Å². The summed E-state index contributed by atoms with van der Waals surface area (Å²) in [5.41, 5.74) is 2.77. The third-order valence-corrected chi connectivity index (χ3v) is 6.88. The SMILES string of the molecule is CC(C)=CC1C(COC(C)(C)C(/C=C/C(C)(C)c2ccc(C#N)cc2)CO)C1(C)C. The van der Waals surface area contributed by atoms with Crippen LogP contribution >= 0.6 is 0 Å². The fourth-order valence-electron chi connectivity index (χ4n) is 4.15. The summed E-state index contributed by atoms with van der Waals surface area (Å²) in [7, 11) is 0. The molecule has 3 unspecified atom stereocenters. The van der Waals surface area contributed by atoms with Crippen molar-refractivity contribution in [3.05, 3.63) is 59.2 Å². The van der Waals surface area contributed by atoms with Gasteiger partial charge in [-0.25, -0.2) is 0 Å². The Morgan fingerprint density at radius 1 is 1.20 bits per heavy atom. The minimum absolute atomic E-state index is 0.0401. The highest BCUT2D eigenvalue weighted by Gasteiger charge is 2.56. The molecule has 30 heavy (non-hydrogen) atoms. The number of hydrogen-bond donors (Lipinski definition) is 1. The first kappa shape index (κ1) is 24.4. The zero-order valence-electron chi connectivity index (χ0n) is 20.0. The third kappa shape index (κ3) is 5.62. The monoisotopic (exact) mass is 409 g/mol. The number of nitriles is 1. The first-order valence-electron chi connectivity index (χ1n) is 10.9. The quantitative estimate of drug-likeness (QED) is 0.506. The van der Waals surface area contributed by atoms with E-state index in [-0.39, 0.29) is 23.4 Å². The van der Waals surface area contributed by atoms with Crippen LogP contribution in [0.4, 0.5) is 0 Å². The molecule has 3 atom stereocenters. The molecule has 1 aliphatic carbocycles. The standard InChI is InChI=1S/C27H39NO2/c1-19(2)15-23-24(26(23,5)6)18-30-27(7,8)22(17-29)13-14-25(3,4)21-11-9-20(16-28)10-12-21/h9-15,22-24,29H,17-18H2,1-8H3/b14-13+. The van der Waals surface area contributed by atoms with Crippen molar-refractivity contribution in [2.45, 2.75) is 66.4 Å². The number of aliphatic hydroxyl groups excluding tert-OH is 1. The number of hydrogen-bond acceptors (Lipinski definition) is 3. The Bertz CT molecular complexity index is 817. The molecule has 1 saturated carbocycles. The molecular weight excluding hydrogens is 370 g/mol. The van der Waals surface area contributed by atoms with Crippen LogP contribution in [0.5, 0.6) is 0 Å². The minimum atomic E-state index is -0.458. The van der Waals surface area contributed by atoms with Gasteiger partial charge >= 0.3 is 0 Å². The maximum Gasteiger partial charge on any atom is 0.0991 e. The van der Waals surface area contributed by atoms with Gasteiger partial charge in [0, 0.05) is 11.3 Å². The highest BCUT2D eigenvalue weighted by Crippen LogP contribution is 2.59. The van der Waals surface area contributed by atoms with Crippen LogP contribution in [0.25, 0.3) is 0 Å². The highest BCUT2D eigenvalue weighted by atomic mass is 16.5. The summed E-state index contributed by atoms with van der Waals surface area (Å²) in [5, 5.41) is 19.1. The summed E-state index contributed by atoms with van der Waals surface area (Å²) in [4.78, 5) is 0. The Hall–Kier alpha value is -1.89. The lowest BCUT2D eigenvalue weighted by atomic mass is 9.81. The lowest BCUT2D eigenvalue weighted by Gasteiger charge is -2.33. The molecule has 0 bridgehead atoms. The van der Waals surface area contributed by atoms with Crippen molar-refractivity contribution in [3.8, 4) is 6.07 Å². The van der Waals surface area contributed by atoms with Gasteiger partial charge in [0.05, 0.1) is 30.4 Å². The van der Waals surface area contributed by atoms with E-state index in [0.717, 1.165) is 5.56 Å². The lowest BCUT2D eigenvalue weighted by molar-refractivity contribution is -0.0667. The molecular formula is C27H39NO2. The molecule has 0 spiro atoms. The Balaban J connectivity index is 2.06. The molecule has 1 aliphatic rings. The van der Waals surface area contributed by atoms with E-state index in [4.69, 9.17) is 10.00 Å². The smallest absolute Gasteiger partial charge is 0.0991 e. The van der Waals surface area contributed by atoms with Crippen LogP contribution in [0.2, 0.25) is 0 Å². The average Bonchev–Trinajstić information content (AvgIpc) is 3.18. The predicted octanol–water partition coefficient (Wildman–Crippen LogP) is 6.03. The van der Waals surface area contributed by atoms with E-state index in [1.54, 1.807) is 0 Å². The molecule has 1 fully saturated rings. The summed E-state index contributed by atoms with van der Waals surface area (Å²) in [6.07, 6.45) is 6.60.